The van der Waals surface area contributed by atoms with E-state index in [9.17, 15) is 26.4 Å². The van der Waals surface area contributed by atoms with Crippen molar-refractivity contribution in [3.8, 4) is 0 Å². The molecule has 5 nitrogen and oxygen atoms in total. The van der Waals surface area contributed by atoms with Crippen LogP contribution in [-0.2, 0) is 27.5 Å². The number of alkyl halides is 3. The van der Waals surface area contributed by atoms with Crippen LogP contribution in [0.5, 0.6) is 0 Å². The molecule has 2 aromatic rings. The number of amides is 1. The first-order chi connectivity index (χ1) is 14.0. The third-order valence-electron chi connectivity index (χ3n) is 4.25. The van der Waals surface area contributed by atoms with E-state index in [1.165, 1.54) is 36.2 Å². The maximum atomic E-state index is 12.7. The summed E-state index contributed by atoms with van der Waals surface area (Å²) in [6, 6.07) is 10.5. The second kappa shape index (κ2) is 8.50. The minimum atomic E-state index is -4.43. The number of nitrogens with one attached hydrogen (secondary N) is 1. The molecule has 0 unspecified atom stereocenters. The molecular weight excluding hydrogens is 457 g/mol. The Labute approximate surface area is 181 Å². The third kappa shape index (κ3) is 4.91. The van der Waals surface area contributed by atoms with Gasteiger partial charge in [-0.2, -0.15) is 13.2 Å². The molecule has 0 spiro atoms. The van der Waals surface area contributed by atoms with Crippen LogP contribution >= 0.6 is 24.0 Å². The van der Waals surface area contributed by atoms with Gasteiger partial charge < -0.3 is 0 Å². The number of rotatable bonds is 5. The SMILES string of the molecule is CNS(=O)(=O)c1ccc(/C=C2\SC(=S)N(Cc3ccc(C(F)(F)F)cc3)C2=O)cc1. The van der Waals surface area contributed by atoms with Crippen molar-refractivity contribution in [2.75, 3.05) is 7.05 Å². The highest BCUT2D eigenvalue weighted by molar-refractivity contribution is 8.26. The maximum absolute atomic E-state index is 12.7. The lowest BCUT2D eigenvalue weighted by Gasteiger charge is -2.15. The second-order valence-electron chi connectivity index (χ2n) is 6.24. The molecule has 1 saturated heterocycles. The predicted octanol–water partition coefficient (Wildman–Crippen LogP) is 4.01. The van der Waals surface area contributed by atoms with Crippen molar-refractivity contribution >= 4 is 50.3 Å². The highest BCUT2D eigenvalue weighted by Crippen LogP contribution is 2.34. The van der Waals surface area contributed by atoms with Gasteiger partial charge in [0, 0.05) is 0 Å². The van der Waals surface area contributed by atoms with Crippen LogP contribution in [-0.4, -0.2) is 30.6 Å². The Morgan fingerprint density at radius 2 is 1.70 bits per heavy atom. The van der Waals surface area contributed by atoms with E-state index in [2.05, 4.69) is 4.72 Å². The summed E-state index contributed by atoms with van der Waals surface area (Å²) in [6.07, 6.45) is -2.84. The van der Waals surface area contributed by atoms with Crippen molar-refractivity contribution < 1.29 is 26.4 Å². The Bertz CT molecular complexity index is 1110. The lowest BCUT2D eigenvalue weighted by Crippen LogP contribution is -2.27. The number of thiocarbonyl (C=S) groups is 1. The number of hydrogen-bond donors (Lipinski definition) is 1. The average molecular weight is 473 g/mol. The molecule has 1 fully saturated rings. The largest absolute Gasteiger partial charge is 0.416 e. The van der Waals surface area contributed by atoms with Gasteiger partial charge in [0.25, 0.3) is 5.91 Å². The van der Waals surface area contributed by atoms with Crippen molar-refractivity contribution in [2.24, 2.45) is 0 Å². The summed E-state index contributed by atoms with van der Waals surface area (Å²) in [5, 5.41) is 0. The number of thioether (sulfide) groups is 1. The zero-order valence-corrected chi connectivity index (χ0v) is 17.9. The topological polar surface area (TPSA) is 66.5 Å². The Hall–Kier alpha value is -2.21. The molecule has 0 aromatic heterocycles. The summed E-state index contributed by atoms with van der Waals surface area (Å²) < 4.78 is 64.1. The fraction of sp³-hybridized carbons (Fsp3) is 0.158. The molecule has 1 aliphatic rings. The molecule has 0 aliphatic carbocycles. The molecule has 3 rings (SSSR count). The molecule has 0 bridgehead atoms. The lowest BCUT2D eigenvalue weighted by molar-refractivity contribution is -0.137. The molecule has 0 saturated carbocycles. The van der Waals surface area contributed by atoms with Crippen molar-refractivity contribution in [3.63, 3.8) is 0 Å². The van der Waals surface area contributed by atoms with Crippen LogP contribution in [0, 0.1) is 0 Å². The first-order valence-electron chi connectivity index (χ1n) is 8.46. The Kier molecular flexibility index (Phi) is 6.37. The van der Waals surface area contributed by atoms with E-state index in [1.807, 2.05) is 0 Å². The van der Waals surface area contributed by atoms with Crippen LogP contribution in [0.15, 0.2) is 58.3 Å². The quantitative estimate of drug-likeness (QED) is 0.526. The van der Waals surface area contributed by atoms with Crippen molar-refractivity contribution in [1.82, 2.24) is 9.62 Å². The molecule has 2 aromatic carbocycles. The number of nitrogens with zero attached hydrogens (tertiary/aromatic N) is 1. The maximum Gasteiger partial charge on any atom is 0.416 e. The standard InChI is InChI=1S/C19H15F3N2O3S3/c1-23-30(26,27)15-8-4-12(5-9-15)10-16-17(25)24(18(28)29-16)11-13-2-6-14(7-3-13)19(20,21)22/h2-10,23H,11H2,1H3/b16-10-. The minimum absolute atomic E-state index is 0.0551. The third-order valence-corrected chi connectivity index (χ3v) is 7.06. The van der Waals surface area contributed by atoms with Gasteiger partial charge in [-0.1, -0.05) is 48.2 Å². The fourth-order valence-electron chi connectivity index (χ4n) is 2.63. The molecule has 0 atom stereocenters. The van der Waals surface area contributed by atoms with E-state index < -0.39 is 21.8 Å². The minimum Gasteiger partial charge on any atom is -0.288 e. The zero-order valence-electron chi connectivity index (χ0n) is 15.4. The molecule has 11 heteroatoms. The van der Waals surface area contributed by atoms with Crippen LogP contribution < -0.4 is 4.72 Å². The Balaban J connectivity index is 1.76. The van der Waals surface area contributed by atoms with E-state index in [-0.39, 0.29) is 17.3 Å². The van der Waals surface area contributed by atoms with Crippen LogP contribution in [0.4, 0.5) is 13.2 Å². The summed E-state index contributed by atoms with van der Waals surface area (Å²) in [6.45, 7) is 0.0551. The molecule has 1 heterocycles. The van der Waals surface area contributed by atoms with E-state index in [1.54, 1.807) is 18.2 Å². The van der Waals surface area contributed by atoms with Gasteiger partial charge in [-0.25, -0.2) is 13.1 Å². The Morgan fingerprint density at radius 1 is 1.10 bits per heavy atom. The highest BCUT2D eigenvalue weighted by Gasteiger charge is 2.33. The van der Waals surface area contributed by atoms with Gasteiger partial charge >= 0.3 is 6.18 Å². The summed E-state index contributed by atoms with van der Waals surface area (Å²) >= 11 is 6.32. The summed E-state index contributed by atoms with van der Waals surface area (Å²) in [4.78, 5) is 14.4. The van der Waals surface area contributed by atoms with Gasteiger partial charge in [0.1, 0.15) is 4.32 Å². The van der Waals surface area contributed by atoms with Gasteiger partial charge in [-0.15, -0.1) is 0 Å². The molecule has 158 valence electrons. The highest BCUT2D eigenvalue weighted by atomic mass is 32.2. The normalized spacial score (nSPS) is 16.5. The molecule has 1 aliphatic heterocycles. The van der Waals surface area contributed by atoms with Crippen molar-refractivity contribution in [1.29, 1.82) is 0 Å². The number of sulfonamides is 1. The molecule has 1 amide bonds. The van der Waals surface area contributed by atoms with Crippen LogP contribution in [0.3, 0.4) is 0 Å². The molecule has 30 heavy (non-hydrogen) atoms. The first-order valence-corrected chi connectivity index (χ1v) is 11.2. The summed E-state index contributed by atoms with van der Waals surface area (Å²) in [5.41, 5.74) is 0.363. The monoisotopic (exact) mass is 472 g/mol. The van der Waals surface area contributed by atoms with Crippen molar-refractivity contribution in [2.45, 2.75) is 17.6 Å². The smallest absolute Gasteiger partial charge is 0.288 e. The Morgan fingerprint density at radius 3 is 2.23 bits per heavy atom. The lowest BCUT2D eigenvalue weighted by atomic mass is 10.1. The van der Waals surface area contributed by atoms with Gasteiger partial charge in [0.15, 0.2) is 0 Å². The predicted molar refractivity (Wildman–Crippen MR) is 113 cm³/mol. The molecular formula is C19H15F3N2O3S3. The fourth-order valence-corrected chi connectivity index (χ4v) is 4.62. The van der Waals surface area contributed by atoms with Crippen molar-refractivity contribution in [3.05, 3.63) is 70.1 Å². The van der Waals surface area contributed by atoms with E-state index in [0.717, 1.165) is 23.9 Å². The molecule has 0 radical (unpaired) electrons. The second-order valence-corrected chi connectivity index (χ2v) is 9.80. The number of carbonyl (C=O) groups is 1. The zero-order chi connectivity index (χ0) is 22.1. The van der Waals surface area contributed by atoms with E-state index in [4.69, 9.17) is 12.2 Å². The van der Waals surface area contributed by atoms with E-state index >= 15 is 0 Å². The van der Waals surface area contributed by atoms with Gasteiger partial charge in [0.2, 0.25) is 10.0 Å². The summed E-state index contributed by atoms with van der Waals surface area (Å²) in [5.74, 6) is -0.364. The van der Waals surface area contributed by atoms with Gasteiger partial charge in [0.05, 0.1) is 21.9 Å². The summed E-state index contributed by atoms with van der Waals surface area (Å²) in [7, 11) is -2.25. The number of hydrogen-bond acceptors (Lipinski definition) is 5. The first kappa shape index (κ1) is 22.5. The average Bonchev–Trinajstić information content (AvgIpc) is 2.95. The van der Waals surface area contributed by atoms with Crippen LogP contribution in [0.1, 0.15) is 16.7 Å². The van der Waals surface area contributed by atoms with E-state index in [0.29, 0.717) is 20.4 Å². The number of benzene rings is 2. The number of carbonyl (C=O) groups excluding carboxylic acids is 1. The number of halogens is 3. The van der Waals surface area contributed by atoms with Crippen LogP contribution in [0.25, 0.3) is 6.08 Å². The van der Waals surface area contributed by atoms with Gasteiger partial charge in [-0.3, -0.25) is 9.69 Å². The molecule has 1 N–H and O–H groups in total. The van der Waals surface area contributed by atoms with Crippen LogP contribution in [0.2, 0.25) is 0 Å². The van der Waals surface area contributed by atoms with Gasteiger partial charge in [-0.05, 0) is 48.5 Å².